The lowest BCUT2D eigenvalue weighted by Gasteiger charge is -2.31. The van der Waals surface area contributed by atoms with Crippen LogP contribution in [0.5, 0.6) is 0 Å². The molecule has 0 aliphatic carbocycles. The van der Waals surface area contributed by atoms with Crippen molar-refractivity contribution in [3.8, 4) is 0 Å². The molecule has 1 atom stereocenters. The molecule has 1 aliphatic rings. The lowest BCUT2D eigenvalue weighted by molar-refractivity contribution is -0.119. The molecule has 1 unspecified atom stereocenters. The van der Waals surface area contributed by atoms with Crippen LogP contribution < -0.4 is 11.1 Å². The van der Waals surface area contributed by atoms with Crippen molar-refractivity contribution in [3.63, 3.8) is 0 Å². The fraction of sp³-hybridized carbons (Fsp3) is 0.462. The Morgan fingerprint density at radius 1 is 1.50 bits per heavy atom. The normalized spacial score (nSPS) is 19.9. The molecule has 0 bridgehead atoms. The van der Waals surface area contributed by atoms with E-state index in [0.717, 1.165) is 12.1 Å². The molecule has 7 heteroatoms. The average Bonchev–Trinajstić information content (AvgIpc) is 2.42. The van der Waals surface area contributed by atoms with E-state index in [1.54, 1.807) is 0 Å². The number of halogens is 2. The van der Waals surface area contributed by atoms with Gasteiger partial charge in [-0.15, -0.1) is 0 Å². The molecule has 0 aromatic heterocycles. The number of anilines is 1. The predicted octanol–water partition coefficient (Wildman–Crippen LogP) is 0.563. The minimum Gasteiger partial charge on any atom is -0.374 e. The van der Waals surface area contributed by atoms with Crippen LogP contribution in [0.15, 0.2) is 18.2 Å². The van der Waals surface area contributed by atoms with Crippen LogP contribution in [0, 0.1) is 11.6 Å². The first kappa shape index (κ1) is 14.8. The van der Waals surface area contributed by atoms with Crippen molar-refractivity contribution in [2.24, 2.45) is 5.73 Å². The van der Waals surface area contributed by atoms with Crippen LogP contribution in [0.25, 0.3) is 0 Å². The summed E-state index contributed by atoms with van der Waals surface area (Å²) >= 11 is 0. The van der Waals surface area contributed by atoms with Gasteiger partial charge in [0.1, 0.15) is 11.6 Å². The number of morpholine rings is 1. The van der Waals surface area contributed by atoms with Crippen molar-refractivity contribution in [1.82, 2.24) is 4.90 Å². The number of nitrogens with two attached hydrogens (primary N) is 1. The van der Waals surface area contributed by atoms with Crippen LogP contribution in [-0.4, -0.2) is 49.7 Å². The first-order valence-corrected chi connectivity index (χ1v) is 6.37. The Labute approximate surface area is 115 Å². The van der Waals surface area contributed by atoms with E-state index in [1.165, 1.54) is 6.07 Å². The van der Waals surface area contributed by atoms with Crippen molar-refractivity contribution in [1.29, 1.82) is 0 Å². The monoisotopic (exact) mass is 285 g/mol. The van der Waals surface area contributed by atoms with Crippen molar-refractivity contribution >= 4 is 11.6 Å². The number of carbonyl (C=O) groups excluding carboxylic acids is 1. The number of carbonyl (C=O) groups is 1. The van der Waals surface area contributed by atoms with E-state index in [2.05, 4.69) is 5.32 Å². The third-order valence-corrected chi connectivity index (χ3v) is 3.06. The van der Waals surface area contributed by atoms with E-state index < -0.39 is 11.6 Å². The molecule has 5 nitrogen and oxygen atoms in total. The highest BCUT2D eigenvalue weighted by atomic mass is 19.1. The molecule has 20 heavy (non-hydrogen) atoms. The summed E-state index contributed by atoms with van der Waals surface area (Å²) in [4.78, 5) is 13.7. The molecule has 1 aromatic carbocycles. The Morgan fingerprint density at radius 3 is 3.00 bits per heavy atom. The lowest BCUT2D eigenvalue weighted by atomic mass is 10.2. The average molecular weight is 285 g/mol. The topological polar surface area (TPSA) is 67.6 Å². The van der Waals surface area contributed by atoms with Crippen molar-refractivity contribution in [2.45, 2.75) is 6.10 Å². The highest BCUT2D eigenvalue weighted by Gasteiger charge is 2.21. The smallest absolute Gasteiger partial charge is 0.238 e. The zero-order chi connectivity index (χ0) is 14.5. The Kier molecular flexibility index (Phi) is 4.99. The highest BCUT2D eigenvalue weighted by molar-refractivity contribution is 5.92. The second-order valence-electron chi connectivity index (χ2n) is 4.64. The van der Waals surface area contributed by atoms with Gasteiger partial charge in [-0.25, -0.2) is 8.78 Å². The quantitative estimate of drug-likeness (QED) is 0.848. The van der Waals surface area contributed by atoms with Gasteiger partial charge in [0.25, 0.3) is 0 Å². The zero-order valence-corrected chi connectivity index (χ0v) is 10.9. The maximum atomic E-state index is 13.4. The zero-order valence-electron chi connectivity index (χ0n) is 10.9. The first-order valence-electron chi connectivity index (χ1n) is 6.37. The summed E-state index contributed by atoms with van der Waals surface area (Å²) in [7, 11) is 0. The van der Waals surface area contributed by atoms with E-state index in [4.69, 9.17) is 10.5 Å². The Morgan fingerprint density at radius 2 is 2.30 bits per heavy atom. The van der Waals surface area contributed by atoms with Crippen molar-refractivity contribution in [3.05, 3.63) is 29.8 Å². The minimum absolute atomic E-state index is 0.0277. The van der Waals surface area contributed by atoms with E-state index in [-0.39, 0.29) is 24.2 Å². The molecule has 1 aliphatic heterocycles. The number of benzene rings is 1. The number of rotatable bonds is 4. The largest absolute Gasteiger partial charge is 0.374 e. The lowest BCUT2D eigenvalue weighted by Crippen LogP contribution is -2.48. The standard InChI is InChI=1S/C13H17F2N3O2/c14-9-1-2-12(11(15)5-9)17-13(19)8-18-3-4-20-10(6-16)7-18/h1-2,5,10H,3-4,6-8,16H2,(H,17,19). The fourth-order valence-electron chi connectivity index (χ4n) is 2.05. The summed E-state index contributed by atoms with van der Waals surface area (Å²) in [5, 5.41) is 2.42. The maximum Gasteiger partial charge on any atom is 0.238 e. The van der Waals surface area contributed by atoms with Gasteiger partial charge in [-0.05, 0) is 12.1 Å². The molecule has 0 saturated carbocycles. The van der Waals surface area contributed by atoms with Crippen LogP contribution in [0.1, 0.15) is 0 Å². The van der Waals surface area contributed by atoms with Gasteiger partial charge >= 0.3 is 0 Å². The van der Waals surface area contributed by atoms with Gasteiger partial charge in [0, 0.05) is 25.7 Å². The summed E-state index contributed by atoms with van der Waals surface area (Å²) in [6.07, 6.45) is -0.0842. The number of nitrogens with zero attached hydrogens (tertiary/aromatic N) is 1. The highest BCUT2D eigenvalue weighted by Crippen LogP contribution is 2.15. The fourth-order valence-corrected chi connectivity index (χ4v) is 2.05. The number of hydrogen-bond acceptors (Lipinski definition) is 4. The van der Waals surface area contributed by atoms with Gasteiger partial charge in [0.05, 0.1) is 24.9 Å². The van der Waals surface area contributed by atoms with Crippen LogP contribution in [0.2, 0.25) is 0 Å². The molecule has 110 valence electrons. The molecule has 0 spiro atoms. The third kappa shape index (κ3) is 3.96. The van der Waals surface area contributed by atoms with E-state index in [9.17, 15) is 13.6 Å². The first-order chi connectivity index (χ1) is 9.58. The molecule has 1 heterocycles. The van der Waals surface area contributed by atoms with Gasteiger partial charge < -0.3 is 15.8 Å². The summed E-state index contributed by atoms with van der Waals surface area (Å²) in [5.74, 6) is -1.83. The molecular weight excluding hydrogens is 268 g/mol. The third-order valence-electron chi connectivity index (χ3n) is 3.06. The molecule has 2 rings (SSSR count). The Balaban J connectivity index is 1.88. The SMILES string of the molecule is NCC1CN(CC(=O)Nc2ccc(F)cc2F)CCO1. The Bertz CT molecular complexity index is 485. The van der Waals surface area contributed by atoms with Gasteiger partial charge in [-0.2, -0.15) is 0 Å². The van der Waals surface area contributed by atoms with E-state index in [0.29, 0.717) is 26.2 Å². The molecule has 0 radical (unpaired) electrons. The molecule has 1 saturated heterocycles. The van der Waals surface area contributed by atoms with Gasteiger partial charge in [0.15, 0.2) is 0 Å². The summed E-state index contributed by atoms with van der Waals surface area (Å²) < 4.78 is 31.5. The molecule has 3 N–H and O–H groups in total. The number of ether oxygens (including phenoxy) is 1. The predicted molar refractivity (Wildman–Crippen MR) is 70.2 cm³/mol. The molecular formula is C13H17F2N3O2. The van der Waals surface area contributed by atoms with Crippen LogP contribution in [0.4, 0.5) is 14.5 Å². The van der Waals surface area contributed by atoms with Gasteiger partial charge in [-0.1, -0.05) is 0 Å². The van der Waals surface area contributed by atoms with Gasteiger partial charge in [-0.3, -0.25) is 9.69 Å². The molecule has 1 aromatic rings. The molecule has 1 amide bonds. The summed E-state index contributed by atoms with van der Waals surface area (Å²) in [6, 6.07) is 3.03. The van der Waals surface area contributed by atoms with E-state index in [1.807, 2.05) is 4.90 Å². The van der Waals surface area contributed by atoms with Crippen LogP contribution >= 0.6 is 0 Å². The second kappa shape index (κ2) is 6.74. The number of hydrogen-bond donors (Lipinski definition) is 2. The number of nitrogens with one attached hydrogen (secondary N) is 1. The van der Waals surface area contributed by atoms with Gasteiger partial charge in [0.2, 0.25) is 5.91 Å². The van der Waals surface area contributed by atoms with E-state index >= 15 is 0 Å². The summed E-state index contributed by atoms with van der Waals surface area (Å²) in [5.41, 5.74) is 5.49. The summed E-state index contributed by atoms with van der Waals surface area (Å²) in [6.45, 7) is 2.22. The van der Waals surface area contributed by atoms with Crippen LogP contribution in [-0.2, 0) is 9.53 Å². The van der Waals surface area contributed by atoms with Crippen LogP contribution in [0.3, 0.4) is 0 Å². The molecule has 1 fully saturated rings. The number of amides is 1. The Hall–Kier alpha value is -1.57. The second-order valence-corrected chi connectivity index (χ2v) is 4.64. The maximum absolute atomic E-state index is 13.4. The van der Waals surface area contributed by atoms with Crippen molar-refractivity contribution < 1.29 is 18.3 Å². The van der Waals surface area contributed by atoms with Crippen molar-refractivity contribution in [2.75, 3.05) is 38.1 Å². The minimum atomic E-state index is -0.792.